The van der Waals surface area contributed by atoms with Crippen LogP contribution >= 0.6 is 11.6 Å². The molecule has 3 heterocycles. The molecule has 0 fully saturated rings. The number of para-hydroxylation sites is 2. The van der Waals surface area contributed by atoms with Crippen molar-refractivity contribution in [1.29, 1.82) is 0 Å². The van der Waals surface area contributed by atoms with Gasteiger partial charge in [0.05, 0.1) is 17.1 Å². The summed E-state index contributed by atoms with van der Waals surface area (Å²) in [6, 6.07) is 19.5. The van der Waals surface area contributed by atoms with E-state index in [9.17, 15) is 4.79 Å². The number of rotatable bonds is 2. The number of halogens is 1. The number of nitrogens with one attached hydrogen (secondary N) is 1. The van der Waals surface area contributed by atoms with Gasteiger partial charge in [0, 0.05) is 35.1 Å². The molecule has 1 N–H and O–H groups in total. The Balaban J connectivity index is 1.51. The van der Waals surface area contributed by atoms with Gasteiger partial charge in [0.25, 0.3) is 0 Å². The first-order valence-corrected chi connectivity index (χ1v) is 10.7. The molecule has 0 spiro atoms. The number of aromatic nitrogens is 3. The van der Waals surface area contributed by atoms with E-state index in [1.165, 1.54) is 0 Å². The Morgan fingerprint density at radius 2 is 1.81 bits per heavy atom. The van der Waals surface area contributed by atoms with Gasteiger partial charge in [-0.1, -0.05) is 41.9 Å². The summed E-state index contributed by atoms with van der Waals surface area (Å²) < 4.78 is 2.13. The molecule has 6 heteroatoms. The standard InChI is InChI=1S/C25H19ClN4O/c26-18-9-7-15(8-10-18)17-12-20-23(22(31)13-17)24(16-4-3-11-27-14-16)30-21-6-2-1-5-19(21)28-25(30)29-20/h1-11,14,17,24H,12-13H2,(H,28,29)/t17-,24+/m0/s1. The molecule has 0 bridgehead atoms. The fourth-order valence-corrected chi connectivity index (χ4v) is 4.97. The highest BCUT2D eigenvalue weighted by molar-refractivity contribution is 6.30. The van der Waals surface area contributed by atoms with E-state index >= 15 is 0 Å². The first-order valence-electron chi connectivity index (χ1n) is 10.3. The Hall–Kier alpha value is -3.44. The molecule has 4 aromatic rings. The first kappa shape index (κ1) is 18.3. The van der Waals surface area contributed by atoms with Crippen LogP contribution in [0, 0.1) is 0 Å². The van der Waals surface area contributed by atoms with Gasteiger partial charge in [-0.2, -0.15) is 0 Å². The molecule has 5 nitrogen and oxygen atoms in total. The van der Waals surface area contributed by atoms with Crippen LogP contribution in [0.4, 0.5) is 5.95 Å². The Bertz CT molecular complexity index is 1340. The molecule has 6 rings (SSSR count). The lowest BCUT2D eigenvalue weighted by Gasteiger charge is -2.36. The number of anilines is 1. The predicted octanol–water partition coefficient (Wildman–Crippen LogP) is 5.50. The topological polar surface area (TPSA) is 59.8 Å². The normalized spacial score (nSPS) is 20.4. The number of carbonyl (C=O) groups excluding carboxylic acids is 1. The lowest BCUT2D eigenvalue weighted by molar-refractivity contribution is -0.116. The zero-order valence-electron chi connectivity index (χ0n) is 16.6. The molecule has 1 aliphatic heterocycles. The fraction of sp³-hybridized carbons (Fsp3) is 0.160. The van der Waals surface area contributed by atoms with E-state index in [2.05, 4.69) is 14.9 Å². The van der Waals surface area contributed by atoms with Crippen LogP contribution in [0.3, 0.4) is 0 Å². The molecule has 31 heavy (non-hydrogen) atoms. The summed E-state index contributed by atoms with van der Waals surface area (Å²) in [7, 11) is 0. The van der Waals surface area contributed by atoms with Crippen molar-refractivity contribution in [2.24, 2.45) is 0 Å². The van der Waals surface area contributed by atoms with Crippen LogP contribution in [-0.4, -0.2) is 20.3 Å². The summed E-state index contributed by atoms with van der Waals surface area (Å²) in [4.78, 5) is 22.7. The number of benzene rings is 2. The number of Topliss-reactive ketones (excluding diaryl/α,β-unsaturated/α-hetero) is 1. The Morgan fingerprint density at radius 3 is 2.61 bits per heavy atom. The third-order valence-electron chi connectivity index (χ3n) is 6.24. The molecule has 2 atom stereocenters. The van der Waals surface area contributed by atoms with E-state index in [4.69, 9.17) is 16.6 Å². The average molecular weight is 427 g/mol. The summed E-state index contributed by atoms with van der Waals surface area (Å²) in [6.45, 7) is 0. The van der Waals surface area contributed by atoms with Crippen molar-refractivity contribution >= 4 is 34.4 Å². The van der Waals surface area contributed by atoms with Crippen LogP contribution in [0.5, 0.6) is 0 Å². The maximum absolute atomic E-state index is 13.6. The number of fused-ring (bicyclic) bond motifs is 3. The lowest BCUT2D eigenvalue weighted by Crippen LogP contribution is -2.33. The zero-order valence-corrected chi connectivity index (χ0v) is 17.4. The van der Waals surface area contributed by atoms with Crippen LogP contribution in [0.2, 0.25) is 5.02 Å². The first-order chi connectivity index (χ1) is 15.2. The second-order valence-corrected chi connectivity index (χ2v) is 8.52. The van der Waals surface area contributed by atoms with Gasteiger partial charge in [-0.3, -0.25) is 14.3 Å². The van der Waals surface area contributed by atoms with Gasteiger partial charge in [0.2, 0.25) is 5.95 Å². The minimum atomic E-state index is -0.244. The van der Waals surface area contributed by atoms with Crippen molar-refractivity contribution in [3.63, 3.8) is 0 Å². The number of pyridine rings is 1. The van der Waals surface area contributed by atoms with Crippen LogP contribution in [0.15, 0.2) is 84.3 Å². The van der Waals surface area contributed by atoms with Crippen molar-refractivity contribution in [2.45, 2.75) is 24.8 Å². The van der Waals surface area contributed by atoms with Crippen LogP contribution < -0.4 is 5.32 Å². The van der Waals surface area contributed by atoms with Gasteiger partial charge in [-0.15, -0.1) is 0 Å². The third-order valence-corrected chi connectivity index (χ3v) is 6.49. The fourth-order valence-electron chi connectivity index (χ4n) is 4.85. The molecule has 0 radical (unpaired) electrons. The highest BCUT2D eigenvalue weighted by Gasteiger charge is 2.39. The highest BCUT2D eigenvalue weighted by atomic mass is 35.5. The van der Waals surface area contributed by atoms with Crippen molar-refractivity contribution in [2.75, 3.05) is 5.32 Å². The second kappa shape index (κ2) is 7.06. The molecule has 1 aliphatic carbocycles. The molecule has 2 aromatic carbocycles. The molecular formula is C25H19ClN4O. The average Bonchev–Trinajstić information content (AvgIpc) is 3.16. The molecule has 0 saturated heterocycles. The minimum Gasteiger partial charge on any atom is -0.329 e. The molecule has 2 aromatic heterocycles. The van der Waals surface area contributed by atoms with E-state index < -0.39 is 0 Å². The summed E-state index contributed by atoms with van der Waals surface area (Å²) in [5.74, 6) is 1.03. The smallest absolute Gasteiger partial charge is 0.209 e. The van der Waals surface area contributed by atoms with Gasteiger partial charge in [0.1, 0.15) is 0 Å². The summed E-state index contributed by atoms with van der Waals surface area (Å²) in [5.41, 5.74) is 5.78. The molecule has 0 amide bonds. The summed E-state index contributed by atoms with van der Waals surface area (Å²) in [5, 5.41) is 4.19. The lowest BCUT2D eigenvalue weighted by atomic mass is 9.78. The van der Waals surface area contributed by atoms with Crippen LogP contribution in [0.1, 0.15) is 35.9 Å². The van der Waals surface area contributed by atoms with Gasteiger partial charge >= 0.3 is 0 Å². The maximum Gasteiger partial charge on any atom is 0.209 e. The Kier molecular flexibility index (Phi) is 4.18. The van der Waals surface area contributed by atoms with Crippen molar-refractivity contribution in [3.05, 3.63) is 100 Å². The van der Waals surface area contributed by atoms with Crippen LogP contribution in [0.25, 0.3) is 11.0 Å². The molecule has 2 aliphatic rings. The van der Waals surface area contributed by atoms with E-state index in [0.717, 1.165) is 45.8 Å². The molecular weight excluding hydrogens is 408 g/mol. The third kappa shape index (κ3) is 2.96. The van der Waals surface area contributed by atoms with Gasteiger partial charge in [-0.05, 0) is 53.8 Å². The number of imidazole rings is 1. The zero-order chi connectivity index (χ0) is 20.9. The van der Waals surface area contributed by atoms with E-state index in [-0.39, 0.29) is 17.7 Å². The molecule has 0 unspecified atom stereocenters. The highest BCUT2D eigenvalue weighted by Crippen LogP contribution is 2.45. The van der Waals surface area contributed by atoms with Gasteiger partial charge < -0.3 is 5.32 Å². The molecule has 152 valence electrons. The van der Waals surface area contributed by atoms with E-state index in [0.29, 0.717) is 11.4 Å². The van der Waals surface area contributed by atoms with Gasteiger partial charge in [0.15, 0.2) is 5.78 Å². The summed E-state index contributed by atoms with van der Waals surface area (Å²) >= 11 is 6.07. The predicted molar refractivity (Wildman–Crippen MR) is 121 cm³/mol. The Morgan fingerprint density at radius 1 is 0.968 bits per heavy atom. The van der Waals surface area contributed by atoms with Gasteiger partial charge in [-0.25, -0.2) is 4.98 Å². The summed E-state index contributed by atoms with van der Waals surface area (Å²) in [6.07, 6.45) is 4.83. The number of carbonyl (C=O) groups is 1. The number of allylic oxidation sites excluding steroid dienone is 2. The molecule has 0 saturated carbocycles. The van der Waals surface area contributed by atoms with Crippen molar-refractivity contribution < 1.29 is 4.79 Å². The largest absolute Gasteiger partial charge is 0.329 e. The number of nitrogens with zero attached hydrogens (tertiary/aromatic N) is 3. The van der Waals surface area contributed by atoms with Crippen molar-refractivity contribution in [3.8, 4) is 0 Å². The Labute approximate surface area is 184 Å². The minimum absolute atomic E-state index is 0.112. The number of hydrogen-bond acceptors (Lipinski definition) is 4. The quantitative estimate of drug-likeness (QED) is 0.459. The van der Waals surface area contributed by atoms with Crippen LogP contribution in [-0.2, 0) is 4.79 Å². The second-order valence-electron chi connectivity index (χ2n) is 8.08. The SMILES string of the molecule is O=C1C[C@@H](c2ccc(Cl)cc2)CC2=C1[C@@H](c1cccnc1)n1c(nc3ccccc31)N2. The van der Waals surface area contributed by atoms with E-state index in [1.807, 2.05) is 66.9 Å². The maximum atomic E-state index is 13.6. The van der Waals surface area contributed by atoms with Crippen molar-refractivity contribution in [1.82, 2.24) is 14.5 Å². The number of ketones is 1. The number of hydrogen-bond donors (Lipinski definition) is 1. The monoisotopic (exact) mass is 426 g/mol. The van der Waals surface area contributed by atoms with E-state index in [1.54, 1.807) is 6.20 Å².